The summed E-state index contributed by atoms with van der Waals surface area (Å²) in [4.78, 5) is 20.8. The van der Waals surface area contributed by atoms with Crippen molar-refractivity contribution in [2.24, 2.45) is 4.99 Å². The minimum atomic E-state index is -0.417. The minimum absolute atomic E-state index is 0.0333. The van der Waals surface area contributed by atoms with Gasteiger partial charge in [0.15, 0.2) is 11.5 Å². The number of aromatic nitrogens is 1. The van der Waals surface area contributed by atoms with E-state index in [1.807, 2.05) is 42.5 Å². The highest BCUT2D eigenvalue weighted by atomic mass is 32.1. The summed E-state index contributed by atoms with van der Waals surface area (Å²) in [7, 11) is 4.78. The third kappa shape index (κ3) is 4.89. The van der Waals surface area contributed by atoms with Crippen molar-refractivity contribution in [2.45, 2.75) is 0 Å². The summed E-state index contributed by atoms with van der Waals surface area (Å²) >= 11 is 1.40. The van der Waals surface area contributed by atoms with Gasteiger partial charge in [-0.3, -0.25) is 10.1 Å². The number of nitro benzene ring substituents is 1. The zero-order valence-corrected chi connectivity index (χ0v) is 19.5. The van der Waals surface area contributed by atoms with Gasteiger partial charge in [-0.05, 0) is 65.7 Å². The van der Waals surface area contributed by atoms with E-state index >= 15 is 0 Å². The molecule has 4 aromatic rings. The summed E-state index contributed by atoms with van der Waals surface area (Å²) in [5.41, 5.74) is 3.31. The number of rotatable bonds is 8. The van der Waals surface area contributed by atoms with Gasteiger partial charge in [0, 0.05) is 23.9 Å². The molecular weight excluding hydrogens is 454 g/mol. The van der Waals surface area contributed by atoms with Crippen molar-refractivity contribution < 1.29 is 19.1 Å². The van der Waals surface area contributed by atoms with Gasteiger partial charge in [0.25, 0.3) is 5.69 Å². The largest absolute Gasteiger partial charge is 0.497 e. The Morgan fingerprint density at radius 3 is 2.18 bits per heavy atom. The van der Waals surface area contributed by atoms with Crippen LogP contribution >= 0.6 is 11.3 Å². The maximum Gasteiger partial charge on any atom is 0.269 e. The van der Waals surface area contributed by atoms with Crippen LogP contribution in [0.5, 0.6) is 17.2 Å². The third-order valence-corrected chi connectivity index (χ3v) is 6.06. The summed E-state index contributed by atoms with van der Waals surface area (Å²) in [5, 5.41) is 11.6. The number of nitro groups is 1. The predicted octanol–water partition coefficient (Wildman–Crippen LogP) is 6.16. The molecule has 0 spiro atoms. The van der Waals surface area contributed by atoms with Gasteiger partial charge in [-0.1, -0.05) is 11.3 Å². The molecule has 0 aliphatic rings. The number of hydrogen-bond donors (Lipinski definition) is 0. The monoisotopic (exact) mass is 475 g/mol. The molecule has 0 aliphatic heterocycles. The second-order valence-corrected chi connectivity index (χ2v) is 8.06. The second kappa shape index (κ2) is 10.1. The van der Waals surface area contributed by atoms with E-state index in [1.54, 1.807) is 39.7 Å². The van der Waals surface area contributed by atoms with Crippen LogP contribution in [0.15, 0.2) is 71.7 Å². The molecule has 0 fully saturated rings. The Morgan fingerprint density at radius 2 is 1.56 bits per heavy atom. The summed E-state index contributed by atoms with van der Waals surface area (Å²) in [6.07, 6.45) is 1.71. The first-order valence-electron chi connectivity index (χ1n) is 10.2. The highest BCUT2D eigenvalue weighted by Gasteiger charge is 2.16. The van der Waals surface area contributed by atoms with Crippen LogP contribution in [-0.4, -0.2) is 37.5 Å². The Kier molecular flexibility index (Phi) is 6.84. The fraction of sp³-hybridized carbons (Fsp3) is 0.120. The summed E-state index contributed by atoms with van der Waals surface area (Å²) in [5.74, 6) is 1.98. The van der Waals surface area contributed by atoms with Gasteiger partial charge >= 0.3 is 0 Å². The molecule has 8 nitrogen and oxygen atoms in total. The number of non-ortho nitro benzene ring substituents is 1. The molecule has 34 heavy (non-hydrogen) atoms. The molecule has 4 rings (SSSR count). The van der Waals surface area contributed by atoms with E-state index in [0.29, 0.717) is 16.6 Å². The Morgan fingerprint density at radius 1 is 0.882 bits per heavy atom. The first-order chi connectivity index (χ1) is 16.5. The van der Waals surface area contributed by atoms with E-state index < -0.39 is 4.92 Å². The molecular formula is C25H21N3O5S. The third-order valence-electron chi connectivity index (χ3n) is 5.05. The van der Waals surface area contributed by atoms with Crippen molar-refractivity contribution in [3.05, 3.63) is 82.4 Å². The van der Waals surface area contributed by atoms with E-state index in [2.05, 4.69) is 4.99 Å². The Labute approximate surface area is 200 Å². The highest BCUT2D eigenvalue weighted by molar-refractivity contribution is 7.19. The normalized spacial score (nSPS) is 10.9. The maximum atomic E-state index is 11.1. The van der Waals surface area contributed by atoms with Crippen molar-refractivity contribution in [1.82, 2.24) is 4.98 Å². The number of ether oxygens (including phenoxy) is 3. The van der Waals surface area contributed by atoms with Crippen LogP contribution in [0.25, 0.3) is 21.7 Å². The SMILES string of the molecule is COc1ccc(-c2nc(/N=C/c3ccc(OC)c(OC)c3)sc2-c2ccc([N+](=O)[O-])cc2)cc1. The van der Waals surface area contributed by atoms with Crippen molar-refractivity contribution in [3.63, 3.8) is 0 Å². The quantitative estimate of drug-likeness (QED) is 0.172. The van der Waals surface area contributed by atoms with Crippen LogP contribution in [-0.2, 0) is 0 Å². The first-order valence-corrected chi connectivity index (χ1v) is 11.0. The van der Waals surface area contributed by atoms with Crippen molar-refractivity contribution in [3.8, 4) is 38.9 Å². The van der Waals surface area contributed by atoms with Gasteiger partial charge in [-0.15, -0.1) is 0 Å². The fourth-order valence-corrected chi connectivity index (χ4v) is 4.24. The number of nitrogens with zero attached hydrogens (tertiary/aromatic N) is 3. The molecule has 0 atom stereocenters. The number of methoxy groups -OCH3 is 3. The van der Waals surface area contributed by atoms with E-state index in [0.717, 1.165) is 33.0 Å². The zero-order valence-electron chi connectivity index (χ0n) is 18.7. The van der Waals surface area contributed by atoms with Crippen LogP contribution in [0.1, 0.15) is 5.56 Å². The van der Waals surface area contributed by atoms with Gasteiger partial charge in [-0.25, -0.2) is 9.98 Å². The van der Waals surface area contributed by atoms with Crippen LogP contribution in [0.4, 0.5) is 10.8 Å². The average molecular weight is 476 g/mol. The highest BCUT2D eigenvalue weighted by Crippen LogP contribution is 2.41. The summed E-state index contributed by atoms with van der Waals surface area (Å²) in [6, 6.07) is 19.5. The van der Waals surface area contributed by atoms with Gasteiger partial charge in [0.05, 0.1) is 36.8 Å². The average Bonchev–Trinajstić information content (AvgIpc) is 3.31. The van der Waals surface area contributed by atoms with Crippen LogP contribution in [0, 0.1) is 10.1 Å². The standard InChI is InChI=1S/C25H21N3O5S/c1-31-20-11-7-17(8-12-20)23-24(18-5-9-19(10-6-18)28(29)30)34-25(27-23)26-15-16-4-13-21(32-2)22(14-16)33-3/h4-15H,1-3H3/b26-15+. The summed E-state index contributed by atoms with van der Waals surface area (Å²) in [6.45, 7) is 0. The van der Waals surface area contributed by atoms with E-state index in [4.69, 9.17) is 19.2 Å². The van der Waals surface area contributed by atoms with Gasteiger partial charge in [0.2, 0.25) is 5.13 Å². The number of benzene rings is 3. The van der Waals surface area contributed by atoms with Crippen molar-refractivity contribution in [1.29, 1.82) is 0 Å². The molecule has 9 heteroatoms. The van der Waals surface area contributed by atoms with Crippen molar-refractivity contribution in [2.75, 3.05) is 21.3 Å². The molecule has 0 saturated carbocycles. The topological polar surface area (TPSA) is 96.1 Å². The molecule has 1 heterocycles. The van der Waals surface area contributed by atoms with Gasteiger partial charge < -0.3 is 14.2 Å². The van der Waals surface area contributed by atoms with E-state index in [-0.39, 0.29) is 5.69 Å². The second-order valence-electron chi connectivity index (χ2n) is 7.08. The van der Waals surface area contributed by atoms with Crippen LogP contribution < -0.4 is 14.2 Å². The lowest BCUT2D eigenvalue weighted by Gasteiger charge is -2.07. The van der Waals surface area contributed by atoms with Crippen LogP contribution in [0.2, 0.25) is 0 Å². The molecule has 0 radical (unpaired) electrons. The molecule has 1 aromatic heterocycles. The van der Waals surface area contributed by atoms with Crippen LogP contribution in [0.3, 0.4) is 0 Å². The lowest BCUT2D eigenvalue weighted by Crippen LogP contribution is -1.91. The Balaban J connectivity index is 1.74. The number of hydrogen-bond acceptors (Lipinski definition) is 8. The molecule has 0 aliphatic carbocycles. The Bertz CT molecular complexity index is 1330. The lowest BCUT2D eigenvalue weighted by molar-refractivity contribution is -0.384. The maximum absolute atomic E-state index is 11.1. The molecule has 3 aromatic carbocycles. The molecule has 0 unspecified atom stereocenters. The fourth-order valence-electron chi connectivity index (χ4n) is 3.30. The molecule has 172 valence electrons. The molecule has 0 bridgehead atoms. The predicted molar refractivity (Wildman–Crippen MR) is 133 cm³/mol. The molecule has 0 amide bonds. The minimum Gasteiger partial charge on any atom is -0.497 e. The van der Waals surface area contributed by atoms with Gasteiger partial charge in [-0.2, -0.15) is 0 Å². The van der Waals surface area contributed by atoms with Crippen molar-refractivity contribution >= 4 is 28.4 Å². The lowest BCUT2D eigenvalue weighted by atomic mass is 10.1. The number of thiazole rings is 1. The zero-order chi connectivity index (χ0) is 24.1. The molecule has 0 saturated heterocycles. The molecule has 0 N–H and O–H groups in total. The van der Waals surface area contributed by atoms with Gasteiger partial charge in [0.1, 0.15) is 5.75 Å². The number of aliphatic imine (C=N–C) groups is 1. The first kappa shape index (κ1) is 22.9. The van der Waals surface area contributed by atoms with E-state index in [1.165, 1.54) is 23.5 Å². The Hall–Kier alpha value is -4.24. The smallest absolute Gasteiger partial charge is 0.269 e. The summed E-state index contributed by atoms with van der Waals surface area (Å²) < 4.78 is 15.9. The van der Waals surface area contributed by atoms with E-state index in [9.17, 15) is 10.1 Å².